The van der Waals surface area contributed by atoms with Crippen LogP contribution in [-0.2, 0) is 32.7 Å². The molecule has 1 heterocycles. The van der Waals surface area contributed by atoms with Gasteiger partial charge in [0.25, 0.3) is 6.01 Å². The van der Waals surface area contributed by atoms with Crippen LogP contribution in [0.3, 0.4) is 0 Å². The zero-order valence-corrected chi connectivity index (χ0v) is 8.63. The summed E-state index contributed by atoms with van der Waals surface area (Å²) in [5.41, 5.74) is 0. The second-order valence-electron chi connectivity index (χ2n) is 1.28. The predicted octanol–water partition coefficient (Wildman–Crippen LogP) is 0.800. The minimum Gasteiger partial charge on any atom is -0.466 e. The van der Waals surface area contributed by atoms with E-state index in [0.717, 1.165) is 0 Å². The van der Waals surface area contributed by atoms with Crippen molar-refractivity contribution in [2.45, 2.75) is 0 Å². The van der Waals surface area contributed by atoms with E-state index in [9.17, 15) is 0 Å². The van der Waals surface area contributed by atoms with Gasteiger partial charge < -0.3 is 22.1 Å². The van der Waals surface area contributed by atoms with Gasteiger partial charge in [0.05, 0.1) is 0 Å². The Hall–Kier alpha value is 0.0488. The number of hydrogen-bond acceptors (Lipinski definition) is 3. The van der Waals surface area contributed by atoms with Crippen molar-refractivity contribution in [1.29, 1.82) is 0 Å². The van der Waals surface area contributed by atoms with Crippen LogP contribution < -0.4 is 5.23 Å². The Morgan fingerprint density at radius 1 is 1.70 bits per heavy atom. The monoisotopic (exact) mass is 211 g/mol. The second-order valence-corrected chi connectivity index (χ2v) is 1.28. The van der Waals surface area contributed by atoms with E-state index in [1.165, 1.54) is 6.20 Å². The fraction of sp³-hybridized carbons (Fsp3) is 0. The molecule has 1 aromatic heterocycles. The topological polar surface area (TPSA) is 38.1 Å². The molecule has 0 bridgehead atoms. The van der Waals surface area contributed by atoms with Gasteiger partial charge >= 0.3 is 0 Å². The Kier molecular flexibility index (Phi) is 7.37. The van der Waals surface area contributed by atoms with E-state index >= 15 is 0 Å². The van der Waals surface area contributed by atoms with E-state index in [2.05, 4.69) is 17.1 Å². The minimum atomic E-state index is 0. The Labute approximate surface area is 87.3 Å². The molecular formula is C5H7BN2OY-2. The van der Waals surface area contributed by atoms with Crippen molar-refractivity contribution in [1.82, 2.24) is 4.98 Å². The Morgan fingerprint density at radius 3 is 2.50 bits per heavy atom. The first-order valence-electron chi connectivity index (χ1n) is 2.07. The molecule has 0 fully saturated rings. The molecule has 1 N–H and O–H groups in total. The normalized spacial score (nSPS) is 7.20. The number of aromatic nitrogens is 1. The minimum absolute atomic E-state index is 0. The SMILES string of the molecule is [B]Nc1ncc([CH2-])o1.[CH3-].[Y]. The third kappa shape index (κ3) is 3.28. The molecule has 3 radical (unpaired) electrons. The van der Waals surface area contributed by atoms with Crippen LogP contribution in [0.15, 0.2) is 10.6 Å². The van der Waals surface area contributed by atoms with Crippen molar-refractivity contribution in [3.8, 4) is 0 Å². The molecule has 0 aromatic carbocycles. The van der Waals surface area contributed by atoms with E-state index in [1.807, 2.05) is 0 Å². The summed E-state index contributed by atoms with van der Waals surface area (Å²) in [5, 5.41) is 2.23. The number of nitrogens with one attached hydrogen (secondary N) is 1. The van der Waals surface area contributed by atoms with Crippen LogP contribution in [0, 0.1) is 14.4 Å². The smallest absolute Gasteiger partial charge is 0.259 e. The second kappa shape index (κ2) is 5.81. The molecule has 51 valence electrons. The summed E-state index contributed by atoms with van der Waals surface area (Å²) in [6, 6.07) is 0.287. The molecule has 5 heteroatoms. The summed E-state index contributed by atoms with van der Waals surface area (Å²) in [7, 11) is 4.93. The molecule has 10 heavy (non-hydrogen) atoms. The van der Waals surface area contributed by atoms with Crippen LogP contribution in [0.4, 0.5) is 6.01 Å². The largest absolute Gasteiger partial charge is 0.466 e. The summed E-state index contributed by atoms with van der Waals surface area (Å²) in [4.78, 5) is 3.67. The third-order valence-corrected chi connectivity index (χ3v) is 0.677. The summed E-state index contributed by atoms with van der Waals surface area (Å²) in [5.74, 6) is 0.498. The first kappa shape index (κ1) is 12.7. The molecule has 0 aliphatic carbocycles. The van der Waals surface area contributed by atoms with Gasteiger partial charge in [-0.05, 0) is 5.76 Å². The maximum absolute atomic E-state index is 4.93. The van der Waals surface area contributed by atoms with Gasteiger partial charge in [0.1, 0.15) is 0 Å². The Bertz CT molecular complexity index is 180. The van der Waals surface area contributed by atoms with Crippen molar-refractivity contribution in [2.24, 2.45) is 0 Å². The molecule has 0 unspecified atom stereocenters. The Balaban J connectivity index is 0. The first-order chi connectivity index (χ1) is 3.83. The molecule has 0 amide bonds. The third-order valence-electron chi connectivity index (χ3n) is 0.677. The predicted molar refractivity (Wildman–Crippen MR) is 36.8 cm³/mol. The standard InChI is InChI=1S/C4H4BN2O.CH3.Y/c1-3-2-6-4(7-5)8-3;;/h2H,1H2,(H,6,7);1H3;/q2*-1;. The van der Waals surface area contributed by atoms with Gasteiger partial charge in [0.15, 0.2) is 0 Å². The number of anilines is 1. The summed E-state index contributed by atoms with van der Waals surface area (Å²) >= 11 is 0. The Morgan fingerprint density at radius 2 is 2.30 bits per heavy atom. The van der Waals surface area contributed by atoms with Gasteiger partial charge in [-0.15, -0.1) is 0 Å². The van der Waals surface area contributed by atoms with Crippen LogP contribution >= 0.6 is 0 Å². The molecule has 0 atom stereocenters. The van der Waals surface area contributed by atoms with E-state index in [-0.39, 0.29) is 46.2 Å². The fourth-order valence-corrected chi connectivity index (χ4v) is 0.374. The fourth-order valence-electron chi connectivity index (χ4n) is 0.374. The molecule has 0 aliphatic rings. The number of oxazole rings is 1. The van der Waals surface area contributed by atoms with Crippen molar-refractivity contribution < 1.29 is 37.1 Å². The average Bonchev–Trinajstić information content (AvgIpc) is 2.14. The van der Waals surface area contributed by atoms with Crippen molar-refractivity contribution in [3.05, 3.63) is 26.3 Å². The molecule has 0 saturated heterocycles. The van der Waals surface area contributed by atoms with Crippen molar-refractivity contribution >= 4 is 14.0 Å². The van der Waals surface area contributed by atoms with E-state index < -0.39 is 0 Å². The summed E-state index contributed by atoms with van der Waals surface area (Å²) < 4.78 is 4.77. The molecule has 1 rings (SSSR count). The average molecular weight is 211 g/mol. The molecule has 3 nitrogen and oxygen atoms in total. The van der Waals surface area contributed by atoms with Gasteiger partial charge in [-0.3, -0.25) is 0 Å². The zero-order valence-electron chi connectivity index (χ0n) is 5.79. The van der Waals surface area contributed by atoms with Crippen LogP contribution in [0.5, 0.6) is 0 Å². The number of rotatable bonds is 1. The van der Waals surface area contributed by atoms with Crippen molar-refractivity contribution in [3.63, 3.8) is 0 Å². The van der Waals surface area contributed by atoms with Crippen LogP contribution in [0.25, 0.3) is 0 Å². The van der Waals surface area contributed by atoms with Gasteiger partial charge in [-0.2, -0.15) is 0 Å². The van der Waals surface area contributed by atoms with Gasteiger partial charge in [-0.25, -0.2) is 6.92 Å². The maximum atomic E-state index is 4.93. The first-order valence-corrected chi connectivity index (χ1v) is 2.07. The van der Waals surface area contributed by atoms with Crippen LogP contribution in [0.1, 0.15) is 5.76 Å². The van der Waals surface area contributed by atoms with Crippen LogP contribution in [0.2, 0.25) is 0 Å². The zero-order chi connectivity index (χ0) is 5.98. The number of nitrogens with zero attached hydrogens (tertiary/aromatic N) is 1. The van der Waals surface area contributed by atoms with E-state index in [1.54, 1.807) is 0 Å². The number of hydrogen-bond donors (Lipinski definition) is 1. The molecule has 1 aromatic rings. The maximum Gasteiger partial charge on any atom is 0.259 e. The van der Waals surface area contributed by atoms with Crippen molar-refractivity contribution in [2.75, 3.05) is 5.23 Å². The quantitative estimate of drug-likeness (QED) is 0.551. The van der Waals surface area contributed by atoms with Gasteiger partial charge in [-0.1, -0.05) is 6.20 Å². The molecule has 0 spiro atoms. The molecule has 0 aliphatic heterocycles. The van der Waals surface area contributed by atoms with E-state index in [0.29, 0.717) is 5.76 Å². The summed E-state index contributed by atoms with van der Waals surface area (Å²) in [6.45, 7) is 3.46. The van der Waals surface area contributed by atoms with Crippen LogP contribution in [-0.4, -0.2) is 13.0 Å². The van der Waals surface area contributed by atoms with E-state index in [4.69, 9.17) is 12.4 Å². The van der Waals surface area contributed by atoms with Gasteiger partial charge in [0, 0.05) is 32.7 Å². The molecular weight excluding hydrogens is 204 g/mol. The molecule has 0 saturated carbocycles. The summed E-state index contributed by atoms with van der Waals surface area (Å²) in [6.07, 6.45) is 1.48. The van der Waals surface area contributed by atoms with Gasteiger partial charge in [0.2, 0.25) is 7.98 Å².